The third kappa shape index (κ3) is 3.95. The van der Waals surface area contributed by atoms with E-state index < -0.39 is 5.97 Å². The number of aromatic carboxylic acids is 1. The summed E-state index contributed by atoms with van der Waals surface area (Å²) in [6, 6.07) is 3.37. The minimum absolute atomic E-state index is 0. The van der Waals surface area contributed by atoms with Gasteiger partial charge in [0, 0.05) is 33.6 Å². The maximum absolute atomic E-state index is 12.7. The summed E-state index contributed by atoms with van der Waals surface area (Å²) in [7, 11) is 0. The van der Waals surface area contributed by atoms with E-state index in [1.54, 1.807) is 12.1 Å². The van der Waals surface area contributed by atoms with Crippen LogP contribution in [0.4, 0.5) is 0 Å². The predicted molar refractivity (Wildman–Crippen MR) is 111 cm³/mol. The van der Waals surface area contributed by atoms with Crippen LogP contribution >= 0.6 is 23.2 Å². The van der Waals surface area contributed by atoms with Gasteiger partial charge in [-0.2, -0.15) is 0 Å². The maximum Gasteiger partial charge on any atom is 1.00 e. The SMILES string of the molecule is O=C(/C=C/c1c(C(=O)[O-])[nH]c2cc(Cl)cc(Cl)c12)NC1C2CC3CC(C2)CC1C3.[Na+]. The average molecular weight is 455 g/mol. The molecule has 0 aliphatic heterocycles. The summed E-state index contributed by atoms with van der Waals surface area (Å²) in [5.41, 5.74) is 0.688. The number of carboxylic acid groups (broad SMARTS) is 1. The molecule has 8 heteroatoms. The molecule has 0 radical (unpaired) electrons. The first-order valence-electron chi connectivity index (χ1n) is 10.1. The van der Waals surface area contributed by atoms with E-state index in [4.69, 9.17) is 23.2 Å². The van der Waals surface area contributed by atoms with Crippen LogP contribution in [0.15, 0.2) is 18.2 Å². The van der Waals surface area contributed by atoms with Gasteiger partial charge in [0.25, 0.3) is 0 Å². The van der Waals surface area contributed by atoms with Crippen molar-refractivity contribution in [3.63, 3.8) is 0 Å². The Balaban J connectivity index is 0.00000218. The van der Waals surface area contributed by atoms with Crippen LogP contribution in [-0.2, 0) is 4.79 Å². The number of carboxylic acids is 1. The molecular weight excluding hydrogens is 434 g/mol. The zero-order valence-electron chi connectivity index (χ0n) is 16.7. The number of rotatable bonds is 4. The Morgan fingerprint density at radius 1 is 1.07 bits per heavy atom. The summed E-state index contributed by atoms with van der Waals surface area (Å²) in [5, 5.41) is 16.0. The Morgan fingerprint density at radius 2 is 1.70 bits per heavy atom. The van der Waals surface area contributed by atoms with Crippen LogP contribution in [0, 0.1) is 23.7 Å². The minimum Gasteiger partial charge on any atom is -0.543 e. The Kier molecular flexibility index (Phi) is 6.31. The van der Waals surface area contributed by atoms with Crippen molar-refractivity contribution in [1.82, 2.24) is 10.3 Å². The quantitative estimate of drug-likeness (QED) is 0.529. The Labute approximate surface area is 206 Å². The number of amides is 1. The van der Waals surface area contributed by atoms with E-state index >= 15 is 0 Å². The second-order valence-corrected chi connectivity index (χ2v) is 9.65. The number of carbonyl (C=O) groups excluding carboxylic acids is 2. The van der Waals surface area contributed by atoms with Crippen molar-refractivity contribution >= 4 is 52.1 Å². The van der Waals surface area contributed by atoms with E-state index in [0.29, 0.717) is 38.3 Å². The Bertz CT molecular complexity index is 1020. The van der Waals surface area contributed by atoms with Crippen molar-refractivity contribution in [3.8, 4) is 0 Å². The first kappa shape index (κ1) is 22.2. The van der Waals surface area contributed by atoms with Crippen molar-refractivity contribution in [1.29, 1.82) is 0 Å². The maximum atomic E-state index is 12.7. The van der Waals surface area contributed by atoms with Crippen molar-refractivity contribution in [2.75, 3.05) is 0 Å². The number of hydrogen-bond donors (Lipinski definition) is 2. The molecule has 4 aliphatic carbocycles. The zero-order valence-corrected chi connectivity index (χ0v) is 20.2. The number of H-pyrrole nitrogens is 1. The van der Waals surface area contributed by atoms with E-state index in [1.807, 2.05) is 0 Å². The molecule has 1 heterocycles. The normalized spacial score (nSPS) is 29.3. The predicted octanol–water partition coefficient (Wildman–Crippen LogP) is 0.796. The second kappa shape index (κ2) is 8.51. The number of fused-ring (bicyclic) bond motifs is 1. The second-order valence-electron chi connectivity index (χ2n) is 8.81. The van der Waals surface area contributed by atoms with Crippen LogP contribution in [-0.4, -0.2) is 22.9 Å². The first-order chi connectivity index (χ1) is 13.9. The van der Waals surface area contributed by atoms with Gasteiger partial charge in [-0.15, -0.1) is 0 Å². The number of halogens is 2. The van der Waals surface area contributed by atoms with E-state index in [-0.39, 0.29) is 47.2 Å². The van der Waals surface area contributed by atoms with Gasteiger partial charge >= 0.3 is 29.6 Å². The minimum atomic E-state index is -1.37. The molecule has 4 saturated carbocycles. The van der Waals surface area contributed by atoms with E-state index in [9.17, 15) is 14.7 Å². The third-order valence-electron chi connectivity index (χ3n) is 6.99. The summed E-state index contributed by atoms with van der Waals surface area (Å²) < 4.78 is 0. The Hall–Kier alpha value is -0.980. The molecule has 0 unspecified atom stereocenters. The summed E-state index contributed by atoms with van der Waals surface area (Å²) in [6.07, 6.45) is 9.13. The molecule has 4 aliphatic rings. The fourth-order valence-corrected chi connectivity index (χ4v) is 6.73. The Morgan fingerprint density at radius 3 is 2.30 bits per heavy atom. The molecule has 2 aromatic rings. The number of nitrogens with one attached hydrogen (secondary N) is 2. The van der Waals surface area contributed by atoms with Crippen LogP contribution in [0.2, 0.25) is 10.0 Å². The van der Waals surface area contributed by atoms with Crippen LogP contribution in [0.25, 0.3) is 17.0 Å². The molecule has 1 amide bonds. The van der Waals surface area contributed by atoms with Crippen LogP contribution in [0.1, 0.15) is 48.2 Å². The average Bonchev–Trinajstić information content (AvgIpc) is 3.01. The zero-order chi connectivity index (χ0) is 20.3. The van der Waals surface area contributed by atoms with Gasteiger partial charge in [0.2, 0.25) is 5.91 Å². The molecule has 4 fully saturated rings. The molecular formula is C22H21Cl2N2NaO3. The smallest absolute Gasteiger partial charge is 0.543 e. The molecule has 1 aromatic heterocycles. The topological polar surface area (TPSA) is 85.0 Å². The summed E-state index contributed by atoms with van der Waals surface area (Å²) >= 11 is 12.3. The van der Waals surface area contributed by atoms with Crippen LogP contribution < -0.4 is 40.0 Å². The fraction of sp³-hybridized carbons (Fsp3) is 0.455. The first-order valence-corrected chi connectivity index (χ1v) is 10.8. The molecule has 5 nitrogen and oxygen atoms in total. The molecule has 0 atom stereocenters. The molecule has 6 rings (SSSR count). The number of aromatic nitrogens is 1. The van der Waals surface area contributed by atoms with Crippen molar-refractivity contribution in [2.45, 2.75) is 38.1 Å². The standard InChI is InChI=1S/C22H22Cl2N2O3.Na/c23-14-8-16(24)19-15(21(22(28)29)25-17(19)9-14)1-2-18(27)26-20-12-4-10-3-11(6-12)7-13(20)5-10;/h1-2,8-13,20,25H,3-7H2,(H,26,27)(H,28,29);/q;+1/p-1/b2-1+;. The molecule has 2 N–H and O–H groups in total. The van der Waals surface area contributed by atoms with Gasteiger partial charge in [0.05, 0.1) is 16.7 Å². The largest absolute Gasteiger partial charge is 1.00 e. The van der Waals surface area contributed by atoms with E-state index in [2.05, 4.69) is 10.3 Å². The number of benzene rings is 1. The third-order valence-corrected chi connectivity index (χ3v) is 7.51. The summed E-state index contributed by atoms with van der Waals surface area (Å²) in [4.78, 5) is 27.0. The number of hydrogen-bond acceptors (Lipinski definition) is 3. The van der Waals surface area contributed by atoms with Gasteiger partial charge in [-0.1, -0.05) is 23.2 Å². The number of carbonyl (C=O) groups is 2. The van der Waals surface area contributed by atoms with Gasteiger partial charge in [0.15, 0.2) is 0 Å². The molecule has 4 bridgehead atoms. The van der Waals surface area contributed by atoms with Crippen molar-refractivity contribution in [3.05, 3.63) is 39.5 Å². The van der Waals surface area contributed by atoms with E-state index in [0.717, 1.165) is 11.8 Å². The van der Waals surface area contributed by atoms with Gasteiger partial charge in [-0.25, -0.2) is 0 Å². The molecule has 0 spiro atoms. The molecule has 1 aromatic carbocycles. The van der Waals surface area contributed by atoms with Gasteiger partial charge in [0.1, 0.15) is 0 Å². The van der Waals surface area contributed by atoms with Gasteiger partial charge < -0.3 is 20.2 Å². The summed E-state index contributed by atoms with van der Waals surface area (Å²) in [5.74, 6) is 1.26. The van der Waals surface area contributed by atoms with Crippen LogP contribution in [0.3, 0.4) is 0 Å². The summed E-state index contributed by atoms with van der Waals surface area (Å²) in [6.45, 7) is 0. The van der Waals surface area contributed by atoms with Gasteiger partial charge in [-0.3, -0.25) is 4.79 Å². The molecule has 152 valence electrons. The van der Waals surface area contributed by atoms with E-state index in [1.165, 1.54) is 44.3 Å². The monoisotopic (exact) mass is 454 g/mol. The molecule has 30 heavy (non-hydrogen) atoms. The molecule has 0 saturated heterocycles. The van der Waals surface area contributed by atoms with Crippen molar-refractivity contribution in [2.24, 2.45) is 23.7 Å². The van der Waals surface area contributed by atoms with Gasteiger partial charge in [-0.05, 0) is 74.0 Å². The fourth-order valence-electron chi connectivity index (χ4n) is 6.13. The van der Waals surface area contributed by atoms with Crippen molar-refractivity contribution < 1.29 is 44.3 Å². The van der Waals surface area contributed by atoms with Crippen LogP contribution in [0.5, 0.6) is 0 Å². The number of aromatic amines is 1.